The van der Waals surface area contributed by atoms with Crippen molar-refractivity contribution in [3.8, 4) is 0 Å². The standard InChI is InChI=1S/C16H12N4O2S/c1-18-13-11(14(21)19(2)16(18)22)15(23)20-8-7-9-5-3-4-6-10(9)12(20)17-13/h3-8H,1-2H3. The van der Waals surface area contributed by atoms with E-state index < -0.39 is 11.2 Å². The quantitative estimate of drug-likeness (QED) is 0.281. The van der Waals surface area contributed by atoms with E-state index in [0.717, 1.165) is 15.3 Å². The Bertz CT molecular complexity index is 1300. The van der Waals surface area contributed by atoms with E-state index in [1.165, 1.54) is 11.6 Å². The van der Waals surface area contributed by atoms with Crippen molar-refractivity contribution < 1.29 is 0 Å². The summed E-state index contributed by atoms with van der Waals surface area (Å²) in [4.78, 5) is 29.2. The van der Waals surface area contributed by atoms with E-state index in [2.05, 4.69) is 4.98 Å². The van der Waals surface area contributed by atoms with Crippen molar-refractivity contribution in [3.63, 3.8) is 0 Å². The van der Waals surface area contributed by atoms with Crippen LogP contribution in [0.3, 0.4) is 0 Å². The third kappa shape index (κ3) is 1.74. The van der Waals surface area contributed by atoms with Crippen LogP contribution >= 0.6 is 12.2 Å². The number of pyridine rings is 1. The first-order chi connectivity index (χ1) is 11.0. The topological polar surface area (TPSA) is 61.3 Å². The maximum absolute atomic E-state index is 12.5. The molecule has 4 rings (SSSR count). The zero-order chi connectivity index (χ0) is 16.3. The molecule has 6 nitrogen and oxygen atoms in total. The lowest BCUT2D eigenvalue weighted by Crippen LogP contribution is -2.37. The van der Waals surface area contributed by atoms with Gasteiger partial charge in [-0.25, -0.2) is 9.78 Å². The molecule has 0 aliphatic carbocycles. The van der Waals surface area contributed by atoms with Crippen molar-refractivity contribution in [1.29, 1.82) is 0 Å². The molecular formula is C16H12N4O2S. The predicted octanol–water partition coefficient (Wildman–Crippen LogP) is 1.77. The van der Waals surface area contributed by atoms with E-state index in [1.54, 1.807) is 17.6 Å². The maximum Gasteiger partial charge on any atom is 0.332 e. The average Bonchev–Trinajstić information content (AvgIpc) is 2.57. The number of fused-ring (bicyclic) bond motifs is 4. The molecule has 0 fully saturated rings. The summed E-state index contributed by atoms with van der Waals surface area (Å²) in [6, 6.07) is 9.71. The summed E-state index contributed by atoms with van der Waals surface area (Å²) in [7, 11) is 3.03. The van der Waals surface area contributed by atoms with E-state index in [1.807, 2.05) is 30.3 Å². The first kappa shape index (κ1) is 13.8. The predicted molar refractivity (Wildman–Crippen MR) is 91.5 cm³/mol. The number of hydrogen-bond acceptors (Lipinski definition) is 4. The van der Waals surface area contributed by atoms with Crippen LogP contribution in [0.4, 0.5) is 0 Å². The summed E-state index contributed by atoms with van der Waals surface area (Å²) in [6.45, 7) is 0. The van der Waals surface area contributed by atoms with Crippen LogP contribution in [0.25, 0.3) is 27.5 Å². The van der Waals surface area contributed by atoms with Crippen molar-refractivity contribution in [1.82, 2.24) is 18.5 Å². The Kier molecular flexibility index (Phi) is 2.76. The van der Waals surface area contributed by atoms with Gasteiger partial charge in [0, 0.05) is 25.7 Å². The lowest BCUT2D eigenvalue weighted by molar-refractivity contribution is 0.706. The van der Waals surface area contributed by atoms with Crippen LogP contribution in [0.15, 0.2) is 46.1 Å². The zero-order valence-corrected chi connectivity index (χ0v) is 13.3. The molecule has 4 aromatic rings. The minimum atomic E-state index is -0.428. The molecule has 0 N–H and O–H groups in total. The van der Waals surface area contributed by atoms with E-state index >= 15 is 0 Å². The molecule has 3 aromatic heterocycles. The highest BCUT2D eigenvalue weighted by atomic mass is 32.1. The smallest absolute Gasteiger partial charge is 0.291 e. The average molecular weight is 324 g/mol. The van der Waals surface area contributed by atoms with Gasteiger partial charge >= 0.3 is 5.69 Å². The van der Waals surface area contributed by atoms with Crippen molar-refractivity contribution in [3.05, 3.63) is 62.0 Å². The highest BCUT2D eigenvalue weighted by Gasteiger charge is 2.14. The second-order valence-electron chi connectivity index (χ2n) is 5.42. The fraction of sp³-hybridized carbons (Fsp3) is 0.125. The monoisotopic (exact) mass is 324 g/mol. The van der Waals surface area contributed by atoms with Gasteiger partial charge in [-0.3, -0.25) is 18.3 Å². The Morgan fingerprint density at radius 1 is 1.00 bits per heavy atom. The highest BCUT2D eigenvalue weighted by molar-refractivity contribution is 7.71. The summed E-state index contributed by atoms with van der Waals surface area (Å²) >= 11 is 5.50. The molecule has 0 amide bonds. The number of nitrogens with zero attached hydrogens (tertiary/aromatic N) is 4. The van der Waals surface area contributed by atoms with Crippen LogP contribution in [0.5, 0.6) is 0 Å². The normalized spacial score (nSPS) is 11.6. The lowest BCUT2D eigenvalue weighted by Gasteiger charge is -2.11. The summed E-state index contributed by atoms with van der Waals surface area (Å²) in [5.74, 6) is 0. The molecule has 0 radical (unpaired) electrons. The molecule has 114 valence electrons. The fourth-order valence-corrected chi connectivity index (χ4v) is 3.18. The number of hydrogen-bond donors (Lipinski definition) is 0. The van der Waals surface area contributed by atoms with Gasteiger partial charge in [-0.05, 0) is 11.5 Å². The van der Waals surface area contributed by atoms with Crippen LogP contribution in [-0.2, 0) is 14.1 Å². The molecular weight excluding hydrogens is 312 g/mol. The molecule has 0 saturated heterocycles. The Hall–Kier alpha value is -2.80. The molecule has 0 saturated carbocycles. The molecule has 0 aliphatic heterocycles. The van der Waals surface area contributed by atoms with Gasteiger partial charge in [0.05, 0.1) is 0 Å². The molecule has 7 heteroatoms. The van der Waals surface area contributed by atoms with E-state index in [9.17, 15) is 9.59 Å². The molecule has 0 atom stereocenters. The molecule has 0 spiro atoms. The summed E-state index contributed by atoms with van der Waals surface area (Å²) in [6.07, 6.45) is 1.80. The number of rotatable bonds is 0. The summed E-state index contributed by atoms with van der Waals surface area (Å²) in [5, 5.41) is 2.20. The maximum atomic E-state index is 12.5. The van der Waals surface area contributed by atoms with Crippen molar-refractivity contribution in [2.75, 3.05) is 0 Å². The Morgan fingerprint density at radius 2 is 1.74 bits per heavy atom. The minimum absolute atomic E-state index is 0.275. The number of aromatic nitrogens is 4. The largest absolute Gasteiger partial charge is 0.332 e. The highest BCUT2D eigenvalue weighted by Crippen LogP contribution is 2.20. The van der Waals surface area contributed by atoms with Crippen molar-refractivity contribution >= 4 is 39.7 Å². The van der Waals surface area contributed by atoms with Gasteiger partial charge in [-0.1, -0.05) is 36.5 Å². The first-order valence-corrected chi connectivity index (χ1v) is 7.41. The van der Waals surface area contributed by atoms with Gasteiger partial charge in [0.2, 0.25) is 0 Å². The minimum Gasteiger partial charge on any atom is -0.291 e. The van der Waals surface area contributed by atoms with Gasteiger partial charge < -0.3 is 0 Å². The van der Waals surface area contributed by atoms with Crippen LogP contribution in [0.2, 0.25) is 0 Å². The second kappa shape index (κ2) is 4.60. The molecule has 23 heavy (non-hydrogen) atoms. The second-order valence-corrected chi connectivity index (χ2v) is 5.80. The van der Waals surface area contributed by atoms with E-state index in [-0.39, 0.29) is 5.39 Å². The Morgan fingerprint density at radius 3 is 2.52 bits per heavy atom. The van der Waals surface area contributed by atoms with Crippen molar-refractivity contribution in [2.24, 2.45) is 14.1 Å². The molecule has 0 bridgehead atoms. The van der Waals surface area contributed by atoms with Crippen LogP contribution in [-0.4, -0.2) is 18.5 Å². The van der Waals surface area contributed by atoms with E-state index in [0.29, 0.717) is 15.9 Å². The van der Waals surface area contributed by atoms with Crippen molar-refractivity contribution in [2.45, 2.75) is 0 Å². The van der Waals surface area contributed by atoms with Crippen LogP contribution in [0, 0.1) is 4.64 Å². The molecule has 0 aliphatic rings. The van der Waals surface area contributed by atoms with Crippen LogP contribution in [0.1, 0.15) is 0 Å². The molecule has 3 heterocycles. The lowest BCUT2D eigenvalue weighted by atomic mass is 10.1. The van der Waals surface area contributed by atoms with Gasteiger partial charge in [0.15, 0.2) is 5.65 Å². The van der Waals surface area contributed by atoms with Gasteiger partial charge in [0.25, 0.3) is 5.56 Å². The SMILES string of the molecule is Cn1c(=O)c2c(=S)n3ccc4ccccc4c3nc2n(C)c1=O. The number of benzene rings is 1. The van der Waals surface area contributed by atoms with E-state index in [4.69, 9.17) is 12.2 Å². The molecule has 1 aromatic carbocycles. The van der Waals surface area contributed by atoms with Gasteiger partial charge in [-0.2, -0.15) is 0 Å². The van der Waals surface area contributed by atoms with Crippen LogP contribution < -0.4 is 11.2 Å². The Labute approximate surface area is 134 Å². The first-order valence-electron chi connectivity index (χ1n) is 7.00. The summed E-state index contributed by atoms with van der Waals surface area (Å²) < 4.78 is 4.47. The summed E-state index contributed by atoms with van der Waals surface area (Å²) in [5.41, 5.74) is 0.0838. The number of aryl methyl sites for hydroxylation is 1. The third-order valence-corrected chi connectivity index (χ3v) is 4.51. The third-order valence-electron chi connectivity index (χ3n) is 4.11. The fourth-order valence-electron chi connectivity index (χ4n) is 2.85. The van der Waals surface area contributed by atoms with Gasteiger partial charge in [0.1, 0.15) is 15.7 Å². The molecule has 0 unspecified atom stereocenters. The van der Waals surface area contributed by atoms with Gasteiger partial charge in [-0.15, -0.1) is 0 Å². The Balaban J connectivity index is 2.42. The zero-order valence-electron chi connectivity index (χ0n) is 12.5.